The van der Waals surface area contributed by atoms with E-state index in [1.54, 1.807) is 0 Å². The normalized spacial score (nSPS) is 39.8. The van der Waals surface area contributed by atoms with E-state index in [0.717, 1.165) is 12.0 Å². The Morgan fingerprint density at radius 1 is 1.17 bits per heavy atom. The summed E-state index contributed by atoms with van der Waals surface area (Å²) in [5.74, 6) is 3.04. The second-order valence-corrected chi connectivity index (χ2v) is 10.7. The highest BCUT2D eigenvalue weighted by molar-refractivity contribution is 5.36. The molecule has 0 amide bonds. The molecule has 0 aromatic carbocycles. The fourth-order valence-electron chi connectivity index (χ4n) is 6.07. The molecule has 0 aromatic heterocycles. The minimum atomic E-state index is -0.458. The van der Waals surface area contributed by atoms with Crippen molar-refractivity contribution in [3.8, 4) is 0 Å². The van der Waals surface area contributed by atoms with E-state index in [1.165, 1.54) is 31.3 Å². The summed E-state index contributed by atoms with van der Waals surface area (Å²) in [5, 5.41) is 10.2. The highest BCUT2D eigenvalue weighted by Crippen LogP contribution is 2.59. The lowest BCUT2D eigenvalue weighted by Gasteiger charge is -2.44. The van der Waals surface area contributed by atoms with Crippen LogP contribution in [0.4, 0.5) is 0 Å². The lowest BCUT2D eigenvalue weighted by molar-refractivity contribution is 0.112. The molecule has 1 nitrogen and oxygen atoms in total. The van der Waals surface area contributed by atoms with Crippen LogP contribution >= 0.6 is 0 Å². The molecule has 1 N–H and O–H groups in total. The first-order valence-electron chi connectivity index (χ1n) is 13.5. The van der Waals surface area contributed by atoms with E-state index >= 15 is 0 Å². The van der Waals surface area contributed by atoms with Gasteiger partial charge in [-0.2, -0.15) is 0 Å². The average molecular weight is 400 g/mol. The van der Waals surface area contributed by atoms with Gasteiger partial charge < -0.3 is 5.11 Å². The number of hydrogen-bond donors (Lipinski definition) is 1. The summed E-state index contributed by atoms with van der Waals surface area (Å²) in [5.41, 5.74) is 3.04. The third-order valence-electron chi connectivity index (χ3n) is 8.41. The molecule has 3 aliphatic rings. The summed E-state index contributed by atoms with van der Waals surface area (Å²) in [6.45, 7) is 11.6. The van der Waals surface area contributed by atoms with Crippen LogP contribution in [0.3, 0.4) is 0 Å². The SMILES string of the molecule is [2H]C([2H])=C1CC[C@H](O)C/C1=C(\[2H])C=C1CCC[C@]2(C)[C@@H]([C@H](C)/C=C/[C@H](C)C(C)C)CC[C@@H]12. The Bertz CT molecular complexity index is 801. The van der Waals surface area contributed by atoms with E-state index in [9.17, 15) is 5.11 Å². The Labute approximate surface area is 184 Å². The van der Waals surface area contributed by atoms with Crippen LogP contribution in [-0.2, 0) is 0 Å². The molecule has 3 aliphatic carbocycles. The summed E-state index contributed by atoms with van der Waals surface area (Å²) >= 11 is 0. The molecule has 6 atom stereocenters. The molecule has 162 valence electrons. The summed E-state index contributed by atoms with van der Waals surface area (Å²) in [6.07, 6.45) is 13.9. The summed E-state index contributed by atoms with van der Waals surface area (Å²) in [6, 6.07) is 0.428. The van der Waals surface area contributed by atoms with Crippen molar-refractivity contribution in [1.82, 2.24) is 0 Å². The maximum absolute atomic E-state index is 10.2. The highest BCUT2D eigenvalue weighted by Gasteiger charge is 2.50. The van der Waals surface area contributed by atoms with Crippen molar-refractivity contribution in [2.24, 2.45) is 35.0 Å². The first-order valence-corrected chi connectivity index (χ1v) is 12.0. The van der Waals surface area contributed by atoms with Gasteiger partial charge in [-0.25, -0.2) is 0 Å². The molecule has 3 fully saturated rings. The number of rotatable bonds is 5. The number of hydrogen-bond acceptors (Lipinski definition) is 1. The number of aliphatic hydroxyl groups is 1. The first kappa shape index (κ1) is 18.7. The van der Waals surface area contributed by atoms with Crippen LogP contribution in [-0.4, -0.2) is 11.2 Å². The first-order chi connectivity index (χ1) is 15.0. The van der Waals surface area contributed by atoms with Crippen molar-refractivity contribution < 1.29 is 9.22 Å². The van der Waals surface area contributed by atoms with Crippen LogP contribution in [0.1, 0.15) is 90.1 Å². The lowest BCUT2D eigenvalue weighted by atomic mass is 9.61. The molecule has 3 rings (SSSR count). The fourth-order valence-corrected chi connectivity index (χ4v) is 6.07. The Morgan fingerprint density at radius 3 is 2.69 bits per heavy atom. The second-order valence-electron chi connectivity index (χ2n) is 10.7. The van der Waals surface area contributed by atoms with Gasteiger partial charge in [0, 0.05) is 0 Å². The molecule has 0 radical (unpaired) electrons. The fraction of sp³-hybridized carbons (Fsp3) is 0.714. The molecular weight excluding hydrogens is 352 g/mol. The van der Waals surface area contributed by atoms with Crippen molar-refractivity contribution in [2.45, 2.75) is 92.1 Å². The Kier molecular flexibility index (Phi) is 6.04. The maximum atomic E-state index is 10.2. The lowest BCUT2D eigenvalue weighted by Crippen LogP contribution is -2.35. The van der Waals surface area contributed by atoms with Crippen molar-refractivity contribution in [3.63, 3.8) is 0 Å². The summed E-state index contributed by atoms with van der Waals surface area (Å²) in [7, 11) is 0. The molecule has 0 heterocycles. The van der Waals surface area contributed by atoms with Crippen molar-refractivity contribution in [3.05, 3.63) is 47.5 Å². The zero-order valence-corrected chi connectivity index (χ0v) is 19.3. The average Bonchev–Trinajstić information content (AvgIpc) is 3.09. The third-order valence-corrected chi connectivity index (χ3v) is 8.41. The summed E-state index contributed by atoms with van der Waals surface area (Å²) < 4.78 is 24.4. The molecule has 1 heteroatoms. The van der Waals surface area contributed by atoms with Crippen molar-refractivity contribution >= 4 is 0 Å². The number of allylic oxidation sites excluding steroid dienone is 6. The van der Waals surface area contributed by atoms with E-state index in [4.69, 9.17) is 4.11 Å². The molecule has 0 unspecified atom stereocenters. The number of fused-ring (bicyclic) bond motifs is 1. The Morgan fingerprint density at radius 2 is 1.97 bits per heavy atom. The standard InChI is InChI=1S/C28H44O/c1-19(2)20(3)9-10-22(5)26-15-16-27-23(8-7-17-28(26,27)6)12-13-24-18-25(29)14-11-21(24)4/h9-10,12-13,19-20,22,25-27,29H,4,7-8,11,14-18H2,1-3,5-6H3/b10-9+,23-12?,24-13-/t20-,22+,25-,26+,27-,28+/m0/s1/i4D2,13D. The highest BCUT2D eigenvalue weighted by atomic mass is 16.3. The van der Waals surface area contributed by atoms with Gasteiger partial charge in [-0.15, -0.1) is 0 Å². The van der Waals surface area contributed by atoms with Gasteiger partial charge in [0.2, 0.25) is 0 Å². The van der Waals surface area contributed by atoms with Gasteiger partial charge in [0.25, 0.3) is 0 Å². The Hall–Kier alpha value is -1.08. The number of aliphatic hydroxyl groups excluding tert-OH is 1. The zero-order valence-electron chi connectivity index (χ0n) is 22.3. The van der Waals surface area contributed by atoms with Gasteiger partial charge in [-0.1, -0.05) is 76.6 Å². The van der Waals surface area contributed by atoms with Crippen LogP contribution in [0.15, 0.2) is 47.5 Å². The second kappa shape index (κ2) is 9.38. The molecule has 0 aliphatic heterocycles. The predicted molar refractivity (Wildman–Crippen MR) is 126 cm³/mol. The zero-order chi connectivity index (χ0) is 23.6. The molecule has 3 saturated carbocycles. The van der Waals surface area contributed by atoms with E-state index in [1.807, 2.05) is 0 Å². The molecule has 0 spiro atoms. The quantitative estimate of drug-likeness (QED) is 0.471. The maximum Gasteiger partial charge on any atom is 0.0626 e. The Balaban J connectivity index is 1.85. The van der Waals surface area contributed by atoms with Gasteiger partial charge in [0.15, 0.2) is 0 Å². The van der Waals surface area contributed by atoms with Gasteiger partial charge in [0.05, 0.1) is 10.2 Å². The molecule has 29 heavy (non-hydrogen) atoms. The largest absolute Gasteiger partial charge is 0.393 e. The van der Waals surface area contributed by atoms with Crippen molar-refractivity contribution in [2.75, 3.05) is 0 Å². The monoisotopic (exact) mass is 399 g/mol. The minimum absolute atomic E-state index is 0.194. The van der Waals surface area contributed by atoms with E-state index in [2.05, 4.69) is 52.8 Å². The van der Waals surface area contributed by atoms with Crippen LogP contribution in [0.2, 0.25) is 0 Å². The topological polar surface area (TPSA) is 20.2 Å². The smallest absolute Gasteiger partial charge is 0.0626 e. The van der Waals surface area contributed by atoms with Gasteiger partial charge >= 0.3 is 0 Å². The van der Waals surface area contributed by atoms with Gasteiger partial charge in [0.1, 0.15) is 0 Å². The van der Waals surface area contributed by atoms with Crippen molar-refractivity contribution in [1.29, 1.82) is 0 Å². The molecule has 0 bridgehead atoms. The minimum Gasteiger partial charge on any atom is -0.393 e. The van der Waals surface area contributed by atoms with Crippen LogP contribution in [0.5, 0.6) is 0 Å². The van der Waals surface area contributed by atoms with Crippen LogP contribution in [0, 0.1) is 35.0 Å². The third kappa shape index (κ3) is 4.98. The molecule has 0 saturated heterocycles. The van der Waals surface area contributed by atoms with E-state index < -0.39 is 6.10 Å². The molecular formula is C28H44O. The summed E-state index contributed by atoms with van der Waals surface area (Å²) in [4.78, 5) is 0. The van der Waals surface area contributed by atoms with Gasteiger partial charge in [-0.05, 0) is 91.9 Å². The molecule has 0 aromatic rings. The van der Waals surface area contributed by atoms with E-state index in [0.29, 0.717) is 60.5 Å². The predicted octanol–water partition coefficient (Wildman–Crippen LogP) is 7.64. The van der Waals surface area contributed by atoms with E-state index in [-0.39, 0.29) is 11.9 Å². The van der Waals surface area contributed by atoms with Gasteiger partial charge in [-0.3, -0.25) is 0 Å². The van der Waals surface area contributed by atoms with Crippen LogP contribution < -0.4 is 0 Å². The van der Waals surface area contributed by atoms with Crippen LogP contribution in [0.25, 0.3) is 0 Å².